The van der Waals surface area contributed by atoms with E-state index in [0.717, 1.165) is 12.1 Å². The summed E-state index contributed by atoms with van der Waals surface area (Å²) < 4.78 is 12.6. The van der Waals surface area contributed by atoms with Gasteiger partial charge in [-0.2, -0.15) is 0 Å². The summed E-state index contributed by atoms with van der Waals surface area (Å²) in [5.74, 6) is -0.272. The Morgan fingerprint density at radius 2 is 1.87 bits per heavy atom. The van der Waals surface area contributed by atoms with Crippen LogP contribution in [0.5, 0.6) is 0 Å². The number of aliphatic hydroxyl groups is 1. The molecule has 0 heterocycles. The van der Waals surface area contributed by atoms with Crippen molar-refractivity contribution in [2.24, 2.45) is 0 Å². The normalized spacial score (nSPS) is 13.1. The largest absolute Gasteiger partial charge is 0.388 e. The number of nitrogens with one attached hydrogen (secondary N) is 1. The van der Waals surface area contributed by atoms with Crippen LogP contribution in [0.1, 0.15) is 31.9 Å². The molecular weight excluding hydrogens is 193 g/mol. The van der Waals surface area contributed by atoms with Crippen LogP contribution in [0.2, 0.25) is 0 Å². The third kappa shape index (κ3) is 4.40. The molecule has 2 N–H and O–H groups in total. The van der Waals surface area contributed by atoms with Crippen LogP contribution in [0.4, 0.5) is 4.39 Å². The first-order valence-corrected chi connectivity index (χ1v) is 5.26. The van der Waals surface area contributed by atoms with Crippen LogP contribution >= 0.6 is 0 Å². The maximum Gasteiger partial charge on any atom is 0.123 e. The van der Waals surface area contributed by atoms with E-state index in [-0.39, 0.29) is 5.82 Å². The molecule has 0 bridgehead atoms. The third-order valence-corrected chi connectivity index (χ3v) is 2.23. The molecule has 0 aromatic heterocycles. The van der Waals surface area contributed by atoms with Crippen molar-refractivity contribution in [3.8, 4) is 0 Å². The number of hydrogen-bond acceptors (Lipinski definition) is 2. The van der Waals surface area contributed by atoms with Crippen molar-refractivity contribution >= 4 is 0 Å². The van der Waals surface area contributed by atoms with Crippen molar-refractivity contribution in [3.05, 3.63) is 35.6 Å². The minimum absolute atomic E-state index is 0.272. The Balaban J connectivity index is 2.40. The fourth-order valence-electron chi connectivity index (χ4n) is 1.36. The molecule has 84 valence electrons. The predicted molar refractivity (Wildman–Crippen MR) is 59.1 cm³/mol. The molecular formula is C12H18FNO. The summed E-state index contributed by atoms with van der Waals surface area (Å²) in [6, 6.07) is 6.40. The average Bonchev–Trinajstić information content (AvgIpc) is 2.18. The van der Waals surface area contributed by atoms with Gasteiger partial charge in [-0.3, -0.25) is 0 Å². The summed E-state index contributed by atoms with van der Waals surface area (Å²) in [5, 5.41) is 13.0. The molecule has 0 aliphatic carbocycles. The fraction of sp³-hybridized carbons (Fsp3) is 0.500. The zero-order valence-corrected chi connectivity index (χ0v) is 9.20. The van der Waals surface area contributed by atoms with Crippen molar-refractivity contribution in [2.45, 2.75) is 32.4 Å². The van der Waals surface area contributed by atoms with Gasteiger partial charge in [0.1, 0.15) is 5.82 Å². The molecule has 0 amide bonds. The highest BCUT2D eigenvalue weighted by molar-refractivity contribution is 5.18. The van der Waals surface area contributed by atoms with Gasteiger partial charge in [-0.1, -0.05) is 26.0 Å². The first-order valence-electron chi connectivity index (χ1n) is 5.26. The summed E-state index contributed by atoms with van der Waals surface area (Å²) in [6.45, 7) is 4.88. The van der Waals surface area contributed by atoms with Gasteiger partial charge < -0.3 is 10.4 Å². The quantitative estimate of drug-likeness (QED) is 0.783. The van der Waals surface area contributed by atoms with Crippen LogP contribution in [0.15, 0.2) is 24.3 Å². The van der Waals surface area contributed by atoms with Crippen LogP contribution in [0.3, 0.4) is 0 Å². The van der Waals surface area contributed by atoms with E-state index in [0.29, 0.717) is 12.5 Å². The van der Waals surface area contributed by atoms with Gasteiger partial charge in [-0.15, -0.1) is 0 Å². The predicted octanol–water partition coefficient (Wildman–Crippen LogP) is 2.25. The molecule has 0 fully saturated rings. The van der Waals surface area contributed by atoms with E-state index in [2.05, 4.69) is 19.2 Å². The van der Waals surface area contributed by atoms with Gasteiger partial charge in [-0.05, 0) is 30.7 Å². The highest BCUT2D eigenvalue weighted by Gasteiger charge is 2.07. The molecule has 1 rings (SSSR count). The summed E-state index contributed by atoms with van der Waals surface area (Å²) in [5.41, 5.74) is 0.766. The van der Waals surface area contributed by atoms with Crippen molar-refractivity contribution in [1.82, 2.24) is 5.32 Å². The minimum Gasteiger partial charge on any atom is -0.388 e. The van der Waals surface area contributed by atoms with Gasteiger partial charge in [0, 0.05) is 6.04 Å². The summed E-state index contributed by atoms with van der Waals surface area (Å²) in [6.07, 6.45) is 0.126. The monoisotopic (exact) mass is 211 g/mol. The van der Waals surface area contributed by atoms with Gasteiger partial charge in [0.2, 0.25) is 0 Å². The Morgan fingerprint density at radius 3 is 2.40 bits per heavy atom. The van der Waals surface area contributed by atoms with Crippen molar-refractivity contribution in [2.75, 3.05) is 6.54 Å². The topological polar surface area (TPSA) is 32.3 Å². The Bertz CT molecular complexity index is 284. The summed E-state index contributed by atoms with van der Waals surface area (Å²) in [4.78, 5) is 0. The lowest BCUT2D eigenvalue weighted by Crippen LogP contribution is -2.24. The highest BCUT2D eigenvalue weighted by Crippen LogP contribution is 2.16. The molecule has 0 spiro atoms. The third-order valence-electron chi connectivity index (χ3n) is 2.23. The zero-order chi connectivity index (χ0) is 11.3. The van der Waals surface area contributed by atoms with Crippen molar-refractivity contribution in [3.63, 3.8) is 0 Å². The van der Waals surface area contributed by atoms with Crippen LogP contribution in [0.25, 0.3) is 0 Å². The van der Waals surface area contributed by atoms with Crippen molar-refractivity contribution < 1.29 is 9.50 Å². The number of aliphatic hydroxyl groups excluding tert-OH is 1. The van der Waals surface area contributed by atoms with Crippen molar-refractivity contribution in [1.29, 1.82) is 0 Å². The standard InChI is InChI=1S/C12H18FNO/c1-9(2)14-8-7-12(15)10-3-5-11(13)6-4-10/h3-6,9,12,14-15H,7-8H2,1-2H3. The zero-order valence-electron chi connectivity index (χ0n) is 9.20. The summed E-state index contributed by atoms with van der Waals surface area (Å²) >= 11 is 0. The SMILES string of the molecule is CC(C)NCCC(O)c1ccc(F)cc1. The number of hydrogen-bond donors (Lipinski definition) is 2. The molecule has 0 saturated carbocycles. The average molecular weight is 211 g/mol. The number of benzene rings is 1. The lowest BCUT2D eigenvalue weighted by atomic mass is 10.1. The number of rotatable bonds is 5. The molecule has 2 nitrogen and oxygen atoms in total. The maximum absolute atomic E-state index is 12.6. The van der Waals surface area contributed by atoms with Gasteiger partial charge >= 0.3 is 0 Å². The van der Waals surface area contributed by atoms with Crippen LogP contribution in [0, 0.1) is 5.82 Å². The van der Waals surface area contributed by atoms with Gasteiger partial charge in [0.25, 0.3) is 0 Å². The maximum atomic E-state index is 12.6. The van der Waals surface area contributed by atoms with Crippen LogP contribution in [-0.4, -0.2) is 17.7 Å². The second kappa shape index (κ2) is 5.83. The molecule has 0 radical (unpaired) electrons. The van der Waals surface area contributed by atoms with Gasteiger partial charge in [0.05, 0.1) is 6.10 Å². The molecule has 0 saturated heterocycles. The van der Waals surface area contributed by atoms with E-state index in [9.17, 15) is 9.50 Å². The minimum atomic E-state index is -0.517. The van der Waals surface area contributed by atoms with Crippen LogP contribution < -0.4 is 5.32 Å². The smallest absolute Gasteiger partial charge is 0.123 e. The van der Waals surface area contributed by atoms with E-state index in [1.54, 1.807) is 12.1 Å². The van der Waals surface area contributed by atoms with Gasteiger partial charge in [0.15, 0.2) is 0 Å². The molecule has 15 heavy (non-hydrogen) atoms. The Kier molecular flexibility index (Phi) is 4.72. The first kappa shape index (κ1) is 12.1. The molecule has 0 aliphatic heterocycles. The van der Waals surface area contributed by atoms with E-state index in [4.69, 9.17) is 0 Å². The Labute approximate surface area is 90.1 Å². The molecule has 1 unspecified atom stereocenters. The molecule has 1 atom stereocenters. The Hall–Kier alpha value is -0.930. The van der Waals surface area contributed by atoms with E-state index in [1.165, 1.54) is 12.1 Å². The fourth-order valence-corrected chi connectivity index (χ4v) is 1.36. The first-order chi connectivity index (χ1) is 7.09. The van der Waals surface area contributed by atoms with E-state index >= 15 is 0 Å². The molecule has 1 aromatic carbocycles. The van der Waals surface area contributed by atoms with E-state index < -0.39 is 6.10 Å². The highest BCUT2D eigenvalue weighted by atomic mass is 19.1. The van der Waals surface area contributed by atoms with Crippen LogP contribution in [-0.2, 0) is 0 Å². The molecule has 1 aromatic rings. The lowest BCUT2D eigenvalue weighted by molar-refractivity contribution is 0.166. The summed E-state index contributed by atoms with van der Waals surface area (Å²) in [7, 11) is 0. The molecule has 3 heteroatoms. The van der Waals surface area contributed by atoms with E-state index in [1.807, 2.05) is 0 Å². The number of halogens is 1. The van der Waals surface area contributed by atoms with Gasteiger partial charge in [-0.25, -0.2) is 4.39 Å². The lowest BCUT2D eigenvalue weighted by Gasteiger charge is -2.13. The Morgan fingerprint density at radius 1 is 1.27 bits per heavy atom. The molecule has 0 aliphatic rings. The second-order valence-corrected chi connectivity index (χ2v) is 3.96. The second-order valence-electron chi connectivity index (χ2n) is 3.96.